The van der Waals surface area contributed by atoms with Crippen LogP contribution in [0.3, 0.4) is 0 Å². The van der Waals surface area contributed by atoms with Crippen molar-refractivity contribution in [3.05, 3.63) is 0 Å². The van der Waals surface area contributed by atoms with Crippen LogP contribution in [0, 0.1) is 5.92 Å². The second-order valence-corrected chi connectivity index (χ2v) is 8.05. The number of carbonyl (C=O) groups is 1. The van der Waals surface area contributed by atoms with Crippen LogP contribution in [0.25, 0.3) is 0 Å². The van der Waals surface area contributed by atoms with E-state index in [0.29, 0.717) is 32.7 Å². The molecule has 0 aromatic rings. The van der Waals surface area contributed by atoms with Gasteiger partial charge in [-0.05, 0) is 25.8 Å². The van der Waals surface area contributed by atoms with Crippen molar-refractivity contribution in [2.45, 2.75) is 19.4 Å². The number of amides is 1. The molecule has 2 unspecified atom stereocenters. The van der Waals surface area contributed by atoms with Crippen molar-refractivity contribution >= 4 is 15.9 Å². The molecular formula is C13H25N3O4S. The van der Waals surface area contributed by atoms with E-state index in [1.807, 2.05) is 0 Å². The zero-order valence-electron chi connectivity index (χ0n) is 12.7. The fourth-order valence-corrected chi connectivity index (χ4v) is 3.79. The van der Waals surface area contributed by atoms with Gasteiger partial charge in [-0.1, -0.05) is 0 Å². The summed E-state index contributed by atoms with van der Waals surface area (Å²) in [7, 11) is -3.16. The molecule has 1 N–H and O–H groups in total. The first-order valence-electron chi connectivity index (χ1n) is 7.40. The highest BCUT2D eigenvalue weighted by molar-refractivity contribution is 7.88. The lowest BCUT2D eigenvalue weighted by Gasteiger charge is -2.34. The van der Waals surface area contributed by atoms with Crippen LogP contribution >= 0.6 is 0 Å². The van der Waals surface area contributed by atoms with Crippen LogP contribution in [0.5, 0.6) is 0 Å². The van der Waals surface area contributed by atoms with Crippen LogP contribution in [0.2, 0.25) is 0 Å². The molecule has 21 heavy (non-hydrogen) atoms. The SMILES string of the molecule is CC(O)C1CCN(CC(=O)N2CCN(S(C)(=O)=O)CC2)C1. The van der Waals surface area contributed by atoms with Crippen molar-refractivity contribution < 1.29 is 18.3 Å². The number of likely N-dealkylation sites (tertiary alicyclic amines) is 1. The lowest BCUT2D eigenvalue weighted by molar-refractivity contribution is -0.133. The Balaban J connectivity index is 1.78. The van der Waals surface area contributed by atoms with E-state index in [0.717, 1.165) is 19.5 Å². The summed E-state index contributed by atoms with van der Waals surface area (Å²) in [6.45, 7) is 5.42. The standard InChI is InChI=1S/C13H25N3O4S/c1-11(17)12-3-4-14(9-12)10-13(18)15-5-7-16(8-6-15)21(2,19)20/h11-12,17H,3-10H2,1-2H3. The van der Waals surface area contributed by atoms with Crippen LogP contribution in [-0.2, 0) is 14.8 Å². The molecule has 8 heteroatoms. The Morgan fingerprint density at radius 2 is 1.86 bits per heavy atom. The van der Waals surface area contributed by atoms with Gasteiger partial charge in [-0.2, -0.15) is 4.31 Å². The first-order chi connectivity index (χ1) is 9.77. The summed E-state index contributed by atoms with van der Waals surface area (Å²) in [6, 6.07) is 0. The molecule has 122 valence electrons. The van der Waals surface area contributed by atoms with Gasteiger partial charge in [0.25, 0.3) is 0 Å². The van der Waals surface area contributed by atoms with E-state index in [1.54, 1.807) is 11.8 Å². The number of nitrogens with zero attached hydrogens (tertiary/aromatic N) is 3. The molecule has 0 aromatic carbocycles. The van der Waals surface area contributed by atoms with Crippen LogP contribution in [0.15, 0.2) is 0 Å². The predicted molar refractivity (Wildman–Crippen MR) is 79.2 cm³/mol. The minimum atomic E-state index is -3.16. The second-order valence-electron chi connectivity index (χ2n) is 6.07. The maximum absolute atomic E-state index is 12.2. The van der Waals surface area contributed by atoms with Crippen LogP contribution in [0.4, 0.5) is 0 Å². The van der Waals surface area contributed by atoms with E-state index in [1.165, 1.54) is 10.6 Å². The number of hydrogen-bond acceptors (Lipinski definition) is 5. The summed E-state index contributed by atoms with van der Waals surface area (Å²) in [5.41, 5.74) is 0. The van der Waals surface area contributed by atoms with E-state index < -0.39 is 10.0 Å². The number of aliphatic hydroxyl groups excluding tert-OH is 1. The van der Waals surface area contributed by atoms with Gasteiger partial charge in [0.05, 0.1) is 18.9 Å². The zero-order valence-corrected chi connectivity index (χ0v) is 13.5. The molecule has 2 rings (SSSR count). The van der Waals surface area contributed by atoms with Crippen molar-refractivity contribution in [2.75, 3.05) is 52.1 Å². The predicted octanol–water partition coefficient (Wildman–Crippen LogP) is -1.21. The van der Waals surface area contributed by atoms with E-state index >= 15 is 0 Å². The summed E-state index contributed by atoms with van der Waals surface area (Å²) < 4.78 is 24.3. The normalized spacial score (nSPS) is 27.0. The molecule has 0 radical (unpaired) electrons. The fourth-order valence-electron chi connectivity index (χ4n) is 2.96. The van der Waals surface area contributed by atoms with E-state index in [-0.39, 0.29) is 17.9 Å². The Morgan fingerprint density at radius 3 is 2.33 bits per heavy atom. The summed E-state index contributed by atoms with van der Waals surface area (Å²) in [5.74, 6) is 0.300. The quantitative estimate of drug-likeness (QED) is 0.703. The minimum absolute atomic E-state index is 0.0504. The fraction of sp³-hybridized carbons (Fsp3) is 0.923. The largest absolute Gasteiger partial charge is 0.393 e. The van der Waals surface area contributed by atoms with Crippen LogP contribution in [-0.4, -0.2) is 91.7 Å². The highest BCUT2D eigenvalue weighted by Crippen LogP contribution is 2.19. The van der Waals surface area contributed by atoms with E-state index in [2.05, 4.69) is 4.90 Å². The average molecular weight is 319 g/mol. The topological polar surface area (TPSA) is 81.2 Å². The molecular weight excluding hydrogens is 294 g/mol. The molecule has 2 atom stereocenters. The Labute approximate surface area is 126 Å². The number of piperazine rings is 1. The molecule has 0 aromatic heterocycles. The molecule has 7 nitrogen and oxygen atoms in total. The van der Waals surface area contributed by atoms with Gasteiger partial charge in [0, 0.05) is 32.7 Å². The van der Waals surface area contributed by atoms with Crippen molar-refractivity contribution in [1.29, 1.82) is 0 Å². The lowest BCUT2D eigenvalue weighted by atomic mass is 10.0. The first-order valence-corrected chi connectivity index (χ1v) is 9.25. The van der Waals surface area contributed by atoms with Crippen molar-refractivity contribution in [3.8, 4) is 0 Å². The maximum atomic E-state index is 12.2. The van der Waals surface area contributed by atoms with Crippen molar-refractivity contribution in [2.24, 2.45) is 5.92 Å². The smallest absolute Gasteiger partial charge is 0.236 e. The van der Waals surface area contributed by atoms with Gasteiger partial charge in [0.15, 0.2) is 0 Å². The molecule has 2 aliphatic rings. The molecule has 2 fully saturated rings. The number of carbonyl (C=O) groups excluding carboxylic acids is 1. The third-order valence-electron chi connectivity index (χ3n) is 4.41. The monoisotopic (exact) mass is 319 g/mol. The summed E-state index contributed by atoms with van der Waals surface area (Å²) >= 11 is 0. The Morgan fingerprint density at radius 1 is 1.24 bits per heavy atom. The molecule has 0 aliphatic carbocycles. The van der Waals surface area contributed by atoms with Crippen LogP contribution in [0.1, 0.15) is 13.3 Å². The first kappa shape index (κ1) is 16.7. The minimum Gasteiger partial charge on any atom is -0.393 e. The number of hydrogen-bond donors (Lipinski definition) is 1. The summed E-state index contributed by atoms with van der Waals surface area (Å²) in [4.78, 5) is 16.0. The van der Waals surface area contributed by atoms with Gasteiger partial charge >= 0.3 is 0 Å². The average Bonchev–Trinajstić information content (AvgIpc) is 2.86. The maximum Gasteiger partial charge on any atom is 0.236 e. The Bertz CT molecular complexity index is 472. The third-order valence-corrected chi connectivity index (χ3v) is 5.71. The van der Waals surface area contributed by atoms with E-state index in [9.17, 15) is 18.3 Å². The van der Waals surface area contributed by atoms with Gasteiger partial charge in [-0.25, -0.2) is 8.42 Å². The zero-order chi connectivity index (χ0) is 15.6. The molecule has 0 saturated carbocycles. The molecule has 2 saturated heterocycles. The molecule has 1 amide bonds. The van der Waals surface area contributed by atoms with Gasteiger partial charge in [-0.3, -0.25) is 9.69 Å². The number of sulfonamides is 1. The number of rotatable bonds is 4. The summed E-state index contributed by atoms with van der Waals surface area (Å²) in [5, 5.41) is 9.57. The highest BCUT2D eigenvalue weighted by Gasteiger charge is 2.30. The molecule has 0 spiro atoms. The number of aliphatic hydroxyl groups is 1. The lowest BCUT2D eigenvalue weighted by Crippen LogP contribution is -2.52. The van der Waals surface area contributed by atoms with Crippen molar-refractivity contribution in [3.63, 3.8) is 0 Å². The van der Waals surface area contributed by atoms with E-state index in [4.69, 9.17) is 0 Å². The Hall–Kier alpha value is -0.700. The van der Waals surface area contributed by atoms with Crippen molar-refractivity contribution in [1.82, 2.24) is 14.1 Å². The van der Waals surface area contributed by atoms with Crippen LogP contribution < -0.4 is 0 Å². The van der Waals surface area contributed by atoms with Gasteiger partial charge < -0.3 is 10.0 Å². The highest BCUT2D eigenvalue weighted by atomic mass is 32.2. The molecule has 0 bridgehead atoms. The second kappa shape index (κ2) is 6.60. The third kappa shape index (κ3) is 4.38. The molecule has 2 aliphatic heterocycles. The van der Waals surface area contributed by atoms with Gasteiger partial charge in [0.2, 0.25) is 15.9 Å². The van der Waals surface area contributed by atoms with Gasteiger partial charge in [-0.15, -0.1) is 0 Å². The Kier molecular flexibility index (Phi) is 5.24. The molecule has 2 heterocycles. The van der Waals surface area contributed by atoms with Gasteiger partial charge in [0.1, 0.15) is 0 Å². The summed E-state index contributed by atoms with van der Waals surface area (Å²) in [6.07, 6.45) is 1.79.